The van der Waals surface area contributed by atoms with Crippen LogP contribution >= 0.6 is 0 Å². The lowest BCUT2D eigenvalue weighted by Gasteiger charge is -2.09. The summed E-state index contributed by atoms with van der Waals surface area (Å²) in [7, 11) is 0.498. The second-order valence-electron chi connectivity index (χ2n) is 4.38. The number of benzene rings is 2. The van der Waals surface area contributed by atoms with Gasteiger partial charge in [-0.3, -0.25) is 4.21 Å². The maximum absolute atomic E-state index is 12.3. The van der Waals surface area contributed by atoms with E-state index >= 15 is 0 Å². The van der Waals surface area contributed by atoms with Crippen LogP contribution in [0.2, 0.25) is 0 Å². The molecule has 2 rings (SSSR count). The first-order valence-corrected chi connectivity index (χ1v) is 7.29. The molecule has 1 unspecified atom stereocenters. The van der Waals surface area contributed by atoms with Gasteiger partial charge in [-0.15, -0.1) is 0 Å². The van der Waals surface area contributed by atoms with E-state index in [0.29, 0.717) is 11.4 Å². The van der Waals surface area contributed by atoms with Crippen LogP contribution in [0.3, 0.4) is 0 Å². The van der Waals surface area contributed by atoms with Crippen molar-refractivity contribution in [1.29, 1.82) is 0 Å². The molecule has 0 amide bonds. The number of anilines is 1. The second kappa shape index (κ2) is 5.89. The van der Waals surface area contributed by atoms with Crippen LogP contribution in [0, 0.1) is 6.92 Å². The molecule has 0 saturated carbocycles. The highest BCUT2D eigenvalue weighted by Gasteiger charge is 2.10. The van der Waals surface area contributed by atoms with E-state index in [4.69, 9.17) is 10.5 Å². The van der Waals surface area contributed by atoms with Crippen LogP contribution in [-0.4, -0.2) is 11.3 Å². The van der Waals surface area contributed by atoms with Crippen molar-refractivity contribution in [3.63, 3.8) is 0 Å². The molecule has 0 spiro atoms. The van der Waals surface area contributed by atoms with Crippen LogP contribution in [0.15, 0.2) is 47.4 Å². The Hall–Kier alpha value is -1.81. The number of nitrogen functional groups attached to an aromatic ring is 1. The molecule has 0 radical (unpaired) electrons. The molecule has 1 atom stereocenters. The van der Waals surface area contributed by atoms with Crippen molar-refractivity contribution < 1.29 is 8.95 Å². The average Bonchev–Trinajstić information content (AvgIpc) is 2.39. The van der Waals surface area contributed by atoms with E-state index in [1.165, 1.54) is 0 Å². The number of rotatable bonds is 4. The number of methoxy groups -OCH3 is 1. The molecule has 0 aliphatic heterocycles. The van der Waals surface area contributed by atoms with Gasteiger partial charge in [-0.05, 0) is 31.2 Å². The van der Waals surface area contributed by atoms with Gasteiger partial charge < -0.3 is 10.5 Å². The highest BCUT2D eigenvalue weighted by Crippen LogP contribution is 2.23. The van der Waals surface area contributed by atoms with Crippen LogP contribution in [-0.2, 0) is 16.6 Å². The number of hydrogen-bond acceptors (Lipinski definition) is 3. The topological polar surface area (TPSA) is 52.3 Å². The van der Waals surface area contributed by atoms with Crippen molar-refractivity contribution in [2.75, 3.05) is 12.8 Å². The normalized spacial score (nSPS) is 12.1. The van der Waals surface area contributed by atoms with Crippen molar-refractivity contribution in [3.05, 3.63) is 53.6 Å². The van der Waals surface area contributed by atoms with E-state index in [1.807, 2.05) is 37.3 Å². The van der Waals surface area contributed by atoms with Gasteiger partial charge in [0.25, 0.3) is 0 Å². The Morgan fingerprint density at radius 2 is 2.00 bits per heavy atom. The predicted octanol–water partition coefficient (Wildman–Crippen LogP) is 2.89. The monoisotopic (exact) mass is 275 g/mol. The Morgan fingerprint density at radius 3 is 2.68 bits per heavy atom. The van der Waals surface area contributed by atoms with Gasteiger partial charge >= 0.3 is 0 Å². The van der Waals surface area contributed by atoms with E-state index < -0.39 is 10.8 Å². The van der Waals surface area contributed by atoms with Gasteiger partial charge in [0, 0.05) is 16.1 Å². The summed E-state index contributed by atoms with van der Waals surface area (Å²) in [5.74, 6) is 1.19. The summed E-state index contributed by atoms with van der Waals surface area (Å²) in [5, 5.41) is 0. The fourth-order valence-electron chi connectivity index (χ4n) is 1.90. The molecule has 19 heavy (non-hydrogen) atoms. The average molecular weight is 275 g/mol. The molecular weight excluding hydrogens is 258 g/mol. The first kappa shape index (κ1) is 13.6. The zero-order valence-corrected chi connectivity index (χ0v) is 11.9. The summed E-state index contributed by atoms with van der Waals surface area (Å²) in [6.07, 6.45) is 0. The van der Waals surface area contributed by atoms with Crippen LogP contribution in [0.25, 0.3) is 0 Å². The molecule has 0 heterocycles. The molecular formula is C15H17NO2S. The third-order valence-corrected chi connectivity index (χ3v) is 4.20. The molecule has 0 aliphatic carbocycles. The largest absolute Gasteiger partial charge is 0.496 e. The highest BCUT2D eigenvalue weighted by molar-refractivity contribution is 7.84. The van der Waals surface area contributed by atoms with Crippen molar-refractivity contribution in [2.24, 2.45) is 0 Å². The Kier molecular flexibility index (Phi) is 4.22. The molecule has 4 heteroatoms. The Balaban J connectivity index is 2.26. The highest BCUT2D eigenvalue weighted by atomic mass is 32.2. The predicted molar refractivity (Wildman–Crippen MR) is 78.7 cm³/mol. The Bertz CT molecular complexity index is 611. The van der Waals surface area contributed by atoms with Crippen molar-refractivity contribution >= 4 is 16.5 Å². The standard InChI is InChI=1S/C15H17NO2S/c1-11-6-7-15(18-2)12(8-11)10-19(17)14-5-3-4-13(16)9-14/h3-9H,10,16H2,1-2H3. The summed E-state index contributed by atoms with van der Waals surface area (Å²) in [5.41, 5.74) is 8.41. The number of nitrogens with two attached hydrogens (primary N) is 1. The van der Waals surface area contributed by atoms with Gasteiger partial charge in [0.15, 0.2) is 0 Å². The lowest BCUT2D eigenvalue weighted by atomic mass is 10.1. The molecule has 0 fully saturated rings. The summed E-state index contributed by atoms with van der Waals surface area (Å²) in [4.78, 5) is 0.739. The van der Waals surface area contributed by atoms with E-state index in [0.717, 1.165) is 21.8 Å². The maximum Gasteiger partial charge on any atom is 0.123 e. The van der Waals surface area contributed by atoms with Crippen LogP contribution in [0.1, 0.15) is 11.1 Å². The zero-order chi connectivity index (χ0) is 13.8. The molecule has 0 aliphatic rings. The summed E-state index contributed by atoms with van der Waals surface area (Å²) >= 11 is 0. The van der Waals surface area contributed by atoms with Gasteiger partial charge in [-0.25, -0.2) is 0 Å². The Labute approximate surface area is 115 Å². The molecule has 3 nitrogen and oxygen atoms in total. The minimum Gasteiger partial charge on any atom is -0.496 e. The fourth-order valence-corrected chi connectivity index (χ4v) is 3.07. The van der Waals surface area contributed by atoms with E-state index in [-0.39, 0.29) is 0 Å². The molecule has 0 aromatic heterocycles. The molecule has 2 N–H and O–H groups in total. The second-order valence-corrected chi connectivity index (χ2v) is 5.83. The molecule has 0 bridgehead atoms. The van der Waals surface area contributed by atoms with E-state index in [2.05, 4.69) is 0 Å². The van der Waals surface area contributed by atoms with E-state index in [1.54, 1.807) is 19.2 Å². The number of ether oxygens (including phenoxy) is 1. The van der Waals surface area contributed by atoms with Crippen LogP contribution < -0.4 is 10.5 Å². The van der Waals surface area contributed by atoms with Gasteiger partial charge in [0.05, 0.1) is 23.7 Å². The minimum atomic E-state index is -1.12. The van der Waals surface area contributed by atoms with Crippen molar-refractivity contribution in [1.82, 2.24) is 0 Å². The lowest BCUT2D eigenvalue weighted by Crippen LogP contribution is -2.00. The third-order valence-electron chi connectivity index (χ3n) is 2.84. The first-order valence-electron chi connectivity index (χ1n) is 5.97. The van der Waals surface area contributed by atoms with Crippen molar-refractivity contribution in [3.8, 4) is 5.75 Å². The smallest absolute Gasteiger partial charge is 0.123 e. The lowest BCUT2D eigenvalue weighted by molar-refractivity contribution is 0.411. The van der Waals surface area contributed by atoms with Crippen LogP contribution in [0.5, 0.6) is 5.75 Å². The maximum atomic E-state index is 12.3. The van der Waals surface area contributed by atoms with Gasteiger partial charge in [-0.2, -0.15) is 0 Å². The number of aryl methyl sites for hydroxylation is 1. The SMILES string of the molecule is COc1ccc(C)cc1CS(=O)c1cccc(N)c1. The number of hydrogen-bond donors (Lipinski definition) is 1. The quantitative estimate of drug-likeness (QED) is 0.873. The van der Waals surface area contributed by atoms with Crippen LogP contribution in [0.4, 0.5) is 5.69 Å². The van der Waals surface area contributed by atoms with Crippen molar-refractivity contribution in [2.45, 2.75) is 17.6 Å². The summed E-state index contributed by atoms with van der Waals surface area (Å²) in [6, 6.07) is 13.1. The van der Waals surface area contributed by atoms with Gasteiger partial charge in [0.2, 0.25) is 0 Å². The molecule has 2 aromatic carbocycles. The minimum absolute atomic E-state index is 0.425. The fraction of sp³-hybridized carbons (Fsp3) is 0.200. The zero-order valence-electron chi connectivity index (χ0n) is 11.1. The van der Waals surface area contributed by atoms with Gasteiger partial charge in [-0.1, -0.05) is 23.8 Å². The summed E-state index contributed by atoms with van der Waals surface area (Å²) in [6.45, 7) is 2.01. The Morgan fingerprint density at radius 1 is 1.21 bits per heavy atom. The van der Waals surface area contributed by atoms with Gasteiger partial charge in [0.1, 0.15) is 5.75 Å². The molecule has 2 aromatic rings. The molecule has 0 saturated heterocycles. The first-order chi connectivity index (χ1) is 9.10. The summed E-state index contributed by atoms with van der Waals surface area (Å²) < 4.78 is 17.6. The van der Waals surface area contributed by atoms with E-state index in [9.17, 15) is 4.21 Å². The molecule has 100 valence electrons. The third kappa shape index (κ3) is 3.35.